The van der Waals surface area contributed by atoms with Gasteiger partial charge < -0.3 is 10.5 Å². The van der Waals surface area contributed by atoms with Crippen LogP contribution in [0.1, 0.15) is 24.0 Å². The molecule has 2 heterocycles. The monoisotopic (exact) mass is 296 g/mol. The van der Waals surface area contributed by atoms with Crippen LogP contribution in [0.2, 0.25) is 0 Å². The van der Waals surface area contributed by atoms with Crippen molar-refractivity contribution in [2.45, 2.75) is 43.8 Å². The SMILES string of the molecule is Cc1cc(N)c(S(=O)(=O)N2CC3CCC(C2)O3)cc1C. The number of morpholine rings is 1. The van der Waals surface area contributed by atoms with Gasteiger partial charge in [-0.15, -0.1) is 0 Å². The minimum atomic E-state index is -3.53. The van der Waals surface area contributed by atoms with Crippen LogP contribution in [0, 0.1) is 13.8 Å². The summed E-state index contributed by atoms with van der Waals surface area (Å²) in [4.78, 5) is 0.224. The van der Waals surface area contributed by atoms with Gasteiger partial charge in [0.25, 0.3) is 0 Å². The van der Waals surface area contributed by atoms with Crippen molar-refractivity contribution in [3.05, 3.63) is 23.3 Å². The standard InChI is InChI=1S/C14H20N2O3S/c1-9-5-13(15)14(6-10(9)2)20(17,18)16-7-11-3-4-12(8-16)19-11/h5-6,11-12H,3-4,7-8,15H2,1-2H3. The fraction of sp³-hybridized carbons (Fsp3) is 0.571. The highest BCUT2D eigenvalue weighted by atomic mass is 32.2. The van der Waals surface area contributed by atoms with Crippen molar-refractivity contribution < 1.29 is 13.2 Å². The summed E-state index contributed by atoms with van der Waals surface area (Å²) in [5.41, 5.74) is 8.20. The molecular formula is C14H20N2O3S. The van der Waals surface area contributed by atoms with E-state index in [4.69, 9.17) is 10.5 Å². The Labute approximate surface area is 119 Å². The number of fused-ring (bicyclic) bond motifs is 2. The Balaban J connectivity index is 1.98. The Morgan fingerprint density at radius 3 is 2.30 bits per heavy atom. The fourth-order valence-corrected chi connectivity index (χ4v) is 4.63. The van der Waals surface area contributed by atoms with Gasteiger partial charge in [0.05, 0.1) is 17.9 Å². The first-order chi connectivity index (χ1) is 9.38. The highest BCUT2D eigenvalue weighted by Crippen LogP contribution is 2.32. The lowest BCUT2D eigenvalue weighted by molar-refractivity contribution is -0.0114. The normalized spacial score (nSPS) is 26.9. The molecule has 0 radical (unpaired) electrons. The second-order valence-corrected chi connectivity index (χ2v) is 7.66. The molecule has 110 valence electrons. The van der Waals surface area contributed by atoms with E-state index in [0.29, 0.717) is 18.8 Å². The number of nitrogens with two attached hydrogens (primary N) is 1. The molecule has 0 amide bonds. The predicted octanol–water partition coefficient (Wildman–Crippen LogP) is 1.44. The molecule has 2 aliphatic heterocycles. The van der Waals surface area contributed by atoms with Gasteiger partial charge in [-0.25, -0.2) is 8.42 Å². The average Bonchev–Trinajstić information content (AvgIpc) is 2.72. The fourth-order valence-electron chi connectivity index (χ4n) is 2.95. The van der Waals surface area contributed by atoms with Crippen molar-refractivity contribution in [1.82, 2.24) is 4.31 Å². The van der Waals surface area contributed by atoms with E-state index < -0.39 is 10.0 Å². The number of hydrogen-bond acceptors (Lipinski definition) is 4. The summed E-state index contributed by atoms with van der Waals surface area (Å²) in [5, 5.41) is 0. The molecule has 2 unspecified atom stereocenters. The van der Waals surface area contributed by atoms with Gasteiger partial charge in [-0.2, -0.15) is 4.31 Å². The molecule has 3 rings (SSSR count). The van der Waals surface area contributed by atoms with E-state index in [9.17, 15) is 8.42 Å². The summed E-state index contributed by atoms with van der Waals surface area (Å²) in [5.74, 6) is 0. The number of anilines is 1. The summed E-state index contributed by atoms with van der Waals surface area (Å²) in [6, 6.07) is 3.41. The van der Waals surface area contributed by atoms with Crippen molar-refractivity contribution in [3.63, 3.8) is 0 Å². The summed E-state index contributed by atoms with van der Waals surface area (Å²) < 4.78 is 32.8. The number of hydrogen-bond donors (Lipinski definition) is 1. The average molecular weight is 296 g/mol. The van der Waals surface area contributed by atoms with Gasteiger partial charge in [0.1, 0.15) is 4.90 Å². The maximum atomic E-state index is 12.8. The topological polar surface area (TPSA) is 72.6 Å². The Kier molecular flexibility index (Phi) is 3.27. The minimum Gasteiger partial charge on any atom is -0.398 e. The first-order valence-corrected chi connectivity index (χ1v) is 8.34. The van der Waals surface area contributed by atoms with Crippen LogP contribution >= 0.6 is 0 Å². The summed E-state index contributed by atoms with van der Waals surface area (Å²) in [6.45, 7) is 4.70. The molecular weight excluding hydrogens is 276 g/mol. The molecule has 2 N–H and O–H groups in total. The van der Waals surface area contributed by atoms with E-state index in [0.717, 1.165) is 24.0 Å². The van der Waals surface area contributed by atoms with E-state index in [1.165, 1.54) is 4.31 Å². The molecule has 1 aromatic rings. The lowest BCUT2D eigenvalue weighted by Crippen LogP contribution is -2.45. The van der Waals surface area contributed by atoms with Gasteiger partial charge in [-0.05, 0) is 49.9 Å². The summed E-state index contributed by atoms with van der Waals surface area (Å²) >= 11 is 0. The molecule has 2 fully saturated rings. The van der Waals surface area contributed by atoms with Crippen molar-refractivity contribution in [3.8, 4) is 0 Å². The summed E-state index contributed by atoms with van der Waals surface area (Å²) in [6.07, 6.45) is 1.96. The van der Waals surface area contributed by atoms with Gasteiger partial charge in [0.15, 0.2) is 0 Å². The van der Waals surface area contributed by atoms with Crippen LogP contribution in [0.15, 0.2) is 17.0 Å². The zero-order chi connectivity index (χ0) is 14.5. The van der Waals surface area contributed by atoms with Crippen molar-refractivity contribution in [2.24, 2.45) is 0 Å². The number of rotatable bonds is 2. The highest BCUT2D eigenvalue weighted by molar-refractivity contribution is 7.89. The lowest BCUT2D eigenvalue weighted by atomic mass is 10.1. The molecule has 20 heavy (non-hydrogen) atoms. The Bertz CT molecular complexity index is 630. The van der Waals surface area contributed by atoms with Gasteiger partial charge in [-0.3, -0.25) is 0 Å². The Hall–Kier alpha value is -1.11. The number of nitrogens with zero attached hydrogens (tertiary/aromatic N) is 1. The zero-order valence-electron chi connectivity index (χ0n) is 11.8. The number of sulfonamides is 1. The first-order valence-electron chi connectivity index (χ1n) is 6.90. The molecule has 0 aliphatic carbocycles. The molecule has 2 atom stereocenters. The van der Waals surface area contributed by atoms with Crippen molar-refractivity contribution in [2.75, 3.05) is 18.8 Å². The molecule has 1 aromatic carbocycles. The quantitative estimate of drug-likeness (QED) is 0.838. The second kappa shape index (κ2) is 4.72. The van der Waals surface area contributed by atoms with Crippen molar-refractivity contribution >= 4 is 15.7 Å². The van der Waals surface area contributed by atoms with Crippen LogP contribution in [0.25, 0.3) is 0 Å². The molecule has 0 aromatic heterocycles. The molecule has 2 saturated heterocycles. The van der Waals surface area contributed by atoms with Gasteiger partial charge in [0.2, 0.25) is 10.0 Å². The van der Waals surface area contributed by atoms with E-state index >= 15 is 0 Å². The first kappa shape index (κ1) is 13.9. The van der Waals surface area contributed by atoms with Gasteiger partial charge in [0, 0.05) is 13.1 Å². The maximum Gasteiger partial charge on any atom is 0.245 e. The number of ether oxygens (including phenoxy) is 1. The zero-order valence-corrected chi connectivity index (χ0v) is 12.6. The van der Waals surface area contributed by atoms with Crippen molar-refractivity contribution in [1.29, 1.82) is 0 Å². The van der Waals surface area contributed by atoms with E-state index in [1.807, 2.05) is 13.8 Å². The number of benzene rings is 1. The van der Waals surface area contributed by atoms with Crippen LogP contribution in [-0.2, 0) is 14.8 Å². The van der Waals surface area contributed by atoms with Crippen LogP contribution in [0.5, 0.6) is 0 Å². The largest absolute Gasteiger partial charge is 0.398 e. The number of aryl methyl sites for hydroxylation is 2. The third kappa shape index (κ3) is 2.21. The lowest BCUT2D eigenvalue weighted by Gasteiger charge is -2.31. The van der Waals surface area contributed by atoms with Crippen LogP contribution < -0.4 is 5.73 Å². The molecule has 2 bridgehead atoms. The van der Waals surface area contributed by atoms with E-state index in [2.05, 4.69) is 0 Å². The third-order valence-electron chi connectivity index (χ3n) is 4.25. The minimum absolute atomic E-state index is 0.0382. The van der Waals surface area contributed by atoms with Gasteiger partial charge >= 0.3 is 0 Å². The Morgan fingerprint density at radius 1 is 1.15 bits per heavy atom. The number of nitrogen functional groups attached to an aromatic ring is 1. The predicted molar refractivity (Wildman–Crippen MR) is 77.0 cm³/mol. The Morgan fingerprint density at radius 2 is 1.70 bits per heavy atom. The maximum absolute atomic E-state index is 12.8. The molecule has 5 nitrogen and oxygen atoms in total. The summed E-state index contributed by atoms with van der Waals surface area (Å²) in [7, 11) is -3.53. The highest BCUT2D eigenvalue weighted by Gasteiger charge is 2.39. The van der Waals surface area contributed by atoms with Crippen LogP contribution in [0.3, 0.4) is 0 Å². The smallest absolute Gasteiger partial charge is 0.245 e. The van der Waals surface area contributed by atoms with Crippen LogP contribution in [-0.4, -0.2) is 38.0 Å². The second-order valence-electron chi connectivity index (χ2n) is 5.75. The van der Waals surface area contributed by atoms with Gasteiger partial charge in [-0.1, -0.05) is 0 Å². The van der Waals surface area contributed by atoms with E-state index in [1.54, 1.807) is 12.1 Å². The molecule has 0 saturated carbocycles. The molecule has 0 spiro atoms. The third-order valence-corrected chi connectivity index (χ3v) is 6.14. The molecule has 2 aliphatic rings. The van der Waals surface area contributed by atoms with E-state index in [-0.39, 0.29) is 17.1 Å². The molecule has 6 heteroatoms. The van der Waals surface area contributed by atoms with Crippen LogP contribution in [0.4, 0.5) is 5.69 Å².